The molecule has 0 aliphatic rings. The van der Waals surface area contributed by atoms with Gasteiger partial charge in [-0.15, -0.1) is 10.2 Å². The zero-order valence-electron chi connectivity index (χ0n) is 11.3. The smallest absolute Gasteiger partial charge is 0.327 e. The molecule has 110 valence electrons. The Labute approximate surface area is 118 Å². The summed E-state index contributed by atoms with van der Waals surface area (Å²) < 4.78 is 10.2. The Hall–Kier alpha value is -3.10. The first-order valence-electron chi connectivity index (χ1n) is 5.81. The van der Waals surface area contributed by atoms with Crippen LogP contribution in [0.2, 0.25) is 0 Å². The van der Waals surface area contributed by atoms with Crippen molar-refractivity contribution in [2.75, 3.05) is 20.0 Å². The van der Waals surface area contributed by atoms with Crippen LogP contribution < -0.4 is 26.5 Å². The first kappa shape index (κ1) is 14.3. The fourth-order valence-corrected chi connectivity index (χ4v) is 1.57. The molecule has 1 aromatic heterocycles. The van der Waals surface area contributed by atoms with Crippen molar-refractivity contribution in [3.8, 4) is 11.5 Å². The molecule has 21 heavy (non-hydrogen) atoms. The number of nitrogens with two attached hydrogens (primary N) is 1. The van der Waals surface area contributed by atoms with Gasteiger partial charge in [0.25, 0.3) is 5.56 Å². The van der Waals surface area contributed by atoms with Crippen LogP contribution in [0.15, 0.2) is 38.0 Å². The molecule has 4 N–H and O–H groups in total. The molecule has 0 aliphatic heterocycles. The molecule has 9 heteroatoms. The molecule has 0 fully saturated rings. The van der Waals surface area contributed by atoms with Crippen LogP contribution in [-0.4, -0.2) is 24.2 Å². The predicted octanol–water partition coefficient (Wildman–Crippen LogP) is 1.08. The number of azo groups is 1. The summed E-state index contributed by atoms with van der Waals surface area (Å²) in [5.74, 6) is 0.838. The summed E-state index contributed by atoms with van der Waals surface area (Å²) >= 11 is 0. The van der Waals surface area contributed by atoms with Crippen molar-refractivity contribution >= 4 is 17.2 Å². The van der Waals surface area contributed by atoms with Crippen LogP contribution >= 0.6 is 0 Å². The van der Waals surface area contributed by atoms with Crippen LogP contribution in [0.5, 0.6) is 11.5 Å². The first-order valence-corrected chi connectivity index (χ1v) is 5.81. The molecule has 0 aliphatic carbocycles. The molecule has 0 saturated carbocycles. The molecule has 0 spiro atoms. The van der Waals surface area contributed by atoms with Gasteiger partial charge in [-0.2, -0.15) is 0 Å². The highest BCUT2D eigenvalue weighted by Crippen LogP contribution is 2.32. The van der Waals surface area contributed by atoms with Crippen molar-refractivity contribution in [2.45, 2.75) is 0 Å². The summed E-state index contributed by atoms with van der Waals surface area (Å²) in [5, 5.41) is 7.64. The number of H-pyrrole nitrogens is 2. The SMILES string of the molecule is COc1ccc(N=Nc2c(N)[nH]c(=O)[nH]c2=O)c(OC)c1. The van der Waals surface area contributed by atoms with Gasteiger partial charge >= 0.3 is 5.69 Å². The molecule has 0 saturated heterocycles. The van der Waals surface area contributed by atoms with E-state index in [0.29, 0.717) is 17.2 Å². The number of benzene rings is 1. The van der Waals surface area contributed by atoms with E-state index in [1.54, 1.807) is 18.2 Å². The van der Waals surface area contributed by atoms with Gasteiger partial charge in [0.1, 0.15) is 23.0 Å². The molecule has 9 nitrogen and oxygen atoms in total. The third kappa shape index (κ3) is 3.08. The second kappa shape index (κ2) is 5.90. The highest BCUT2D eigenvalue weighted by molar-refractivity contribution is 5.57. The van der Waals surface area contributed by atoms with Gasteiger partial charge < -0.3 is 15.2 Å². The maximum atomic E-state index is 11.6. The summed E-state index contributed by atoms with van der Waals surface area (Å²) in [6.45, 7) is 0. The monoisotopic (exact) mass is 291 g/mol. The molecule has 0 radical (unpaired) electrons. The van der Waals surface area contributed by atoms with Crippen LogP contribution in [0.25, 0.3) is 0 Å². The van der Waals surface area contributed by atoms with E-state index >= 15 is 0 Å². The lowest BCUT2D eigenvalue weighted by Crippen LogP contribution is -2.23. The number of hydrogen-bond donors (Lipinski definition) is 3. The van der Waals surface area contributed by atoms with E-state index in [9.17, 15) is 9.59 Å². The standard InChI is InChI=1S/C12H13N5O4/c1-20-6-3-4-7(8(5-6)21-2)16-17-9-10(13)14-12(19)15-11(9)18/h3-5H,1-2H3,(H4,13,14,15,18,19). The fraction of sp³-hybridized carbons (Fsp3) is 0.167. The number of hydrogen-bond acceptors (Lipinski definition) is 7. The number of anilines is 1. The van der Waals surface area contributed by atoms with Crippen molar-refractivity contribution in [1.82, 2.24) is 9.97 Å². The lowest BCUT2D eigenvalue weighted by atomic mass is 10.3. The highest BCUT2D eigenvalue weighted by Gasteiger charge is 2.07. The van der Waals surface area contributed by atoms with Crippen LogP contribution in [0.3, 0.4) is 0 Å². The van der Waals surface area contributed by atoms with Gasteiger partial charge in [0.15, 0.2) is 5.69 Å². The Morgan fingerprint density at radius 1 is 1.10 bits per heavy atom. The quantitative estimate of drug-likeness (QED) is 0.724. The summed E-state index contributed by atoms with van der Waals surface area (Å²) in [6.07, 6.45) is 0. The molecular weight excluding hydrogens is 278 g/mol. The normalized spacial score (nSPS) is 10.8. The molecule has 2 aromatic rings. The Balaban J connectivity index is 2.43. The summed E-state index contributed by atoms with van der Waals surface area (Å²) in [4.78, 5) is 26.8. The maximum absolute atomic E-state index is 11.6. The molecule has 0 bridgehead atoms. The Bertz CT molecular complexity index is 793. The minimum Gasteiger partial charge on any atom is -0.497 e. The van der Waals surface area contributed by atoms with Gasteiger partial charge in [-0.25, -0.2) is 4.79 Å². The number of aromatic amines is 2. The minimum absolute atomic E-state index is 0.167. The number of nitrogen functional groups attached to an aromatic ring is 1. The van der Waals surface area contributed by atoms with E-state index < -0.39 is 11.2 Å². The van der Waals surface area contributed by atoms with Crippen LogP contribution in [-0.2, 0) is 0 Å². The van der Waals surface area contributed by atoms with E-state index in [4.69, 9.17) is 15.2 Å². The number of ether oxygens (including phenoxy) is 2. The second-order valence-corrected chi connectivity index (χ2v) is 3.91. The van der Waals surface area contributed by atoms with Crippen LogP contribution in [0, 0.1) is 0 Å². The number of methoxy groups -OCH3 is 2. The van der Waals surface area contributed by atoms with Gasteiger partial charge in [0.2, 0.25) is 0 Å². The van der Waals surface area contributed by atoms with Crippen LogP contribution in [0.4, 0.5) is 17.2 Å². The summed E-state index contributed by atoms with van der Waals surface area (Å²) in [7, 11) is 2.99. The largest absolute Gasteiger partial charge is 0.497 e. The number of nitrogens with one attached hydrogen (secondary N) is 2. The average Bonchev–Trinajstić information content (AvgIpc) is 2.46. The maximum Gasteiger partial charge on any atom is 0.327 e. The van der Waals surface area contributed by atoms with E-state index in [1.165, 1.54) is 14.2 Å². The topological polar surface area (TPSA) is 135 Å². The zero-order valence-corrected chi connectivity index (χ0v) is 11.3. The predicted molar refractivity (Wildman–Crippen MR) is 75.8 cm³/mol. The van der Waals surface area contributed by atoms with Crippen molar-refractivity contribution in [3.05, 3.63) is 39.0 Å². The second-order valence-electron chi connectivity index (χ2n) is 3.91. The third-order valence-corrected chi connectivity index (χ3v) is 2.59. The van der Waals surface area contributed by atoms with Gasteiger partial charge in [0, 0.05) is 6.07 Å². The van der Waals surface area contributed by atoms with Gasteiger partial charge in [0.05, 0.1) is 14.2 Å². The molecule has 1 heterocycles. The average molecular weight is 291 g/mol. The van der Waals surface area contributed by atoms with E-state index in [2.05, 4.69) is 15.2 Å². The lowest BCUT2D eigenvalue weighted by molar-refractivity contribution is 0.395. The number of aromatic nitrogens is 2. The molecular formula is C12H13N5O4. The van der Waals surface area contributed by atoms with E-state index in [-0.39, 0.29) is 11.5 Å². The van der Waals surface area contributed by atoms with Crippen molar-refractivity contribution in [1.29, 1.82) is 0 Å². The van der Waals surface area contributed by atoms with E-state index in [0.717, 1.165) is 0 Å². The van der Waals surface area contributed by atoms with Gasteiger partial charge in [-0.1, -0.05) is 0 Å². The molecule has 0 atom stereocenters. The zero-order chi connectivity index (χ0) is 15.4. The van der Waals surface area contributed by atoms with Crippen molar-refractivity contribution < 1.29 is 9.47 Å². The summed E-state index contributed by atoms with van der Waals surface area (Å²) in [6, 6.07) is 4.89. The molecule has 0 unspecified atom stereocenters. The fourth-order valence-electron chi connectivity index (χ4n) is 1.57. The molecule has 1 aromatic carbocycles. The van der Waals surface area contributed by atoms with Crippen molar-refractivity contribution in [3.63, 3.8) is 0 Å². The number of nitrogens with zero attached hydrogens (tertiary/aromatic N) is 2. The van der Waals surface area contributed by atoms with Crippen molar-refractivity contribution in [2.24, 2.45) is 10.2 Å². The highest BCUT2D eigenvalue weighted by atomic mass is 16.5. The Kier molecular flexibility index (Phi) is 4.02. The number of rotatable bonds is 4. The third-order valence-electron chi connectivity index (χ3n) is 2.59. The first-order chi connectivity index (χ1) is 10.0. The van der Waals surface area contributed by atoms with Gasteiger partial charge in [-0.3, -0.25) is 14.8 Å². The lowest BCUT2D eigenvalue weighted by Gasteiger charge is -2.06. The Morgan fingerprint density at radius 2 is 1.86 bits per heavy atom. The summed E-state index contributed by atoms with van der Waals surface area (Å²) in [5.41, 5.74) is 4.27. The minimum atomic E-state index is -0.729. The van der Waals surface area contributed by atoms with Crippen LogP contribution in [0.1, 0.15) is 0 Å². The van der Waals surface area contributed by atoms with Gasteiger partial charge in [-0.05, 0) is 12.1 Å². The molecule has 0 amide bonds. The van der Waals surface area contributed by atoms with E-state index in [1.807, 2.05) is 4.98 Å². The molecule has 2 rings (SSSR count). The Morgan fingerprint density at radius 3 is 2.48 bits per heavy atom.